The van der Waals surface area contributed by atoms with E-state index in [1.165, 1.54) is 12.8 Å². The first-order valence-electron chi connectivity index (χ1n) is 10.9. The number of carboxylic acids is 1. The number of ether oxygens (including phenoxy) is 1. The fraction of sp³-hybridized carbons (Fsp3) is 0.583. The van der Waals surface area contributed by atoms with Gasteiger partial charge in [-0.25, -0.2) is 0 Å². The molecular weight excluding hydrogens is 364 g/mol. The molecule has 0 unspecified atom stereocenters. The number of carboxylic acid groups (broad SMARTS) is 1. The first-order valence-corrected chi connectivity index (χ1v) is 10.9. The highest BCUT2D eigenvalue weighted by molar-refractivity contribution is 5.80. The van der Waals surface area contributed by atoms with E-state index in [0.29, 0.717) is 11.5 Å². The molecule has 0 bridgehead atoms. The summed E-state index contributed by atoms with van der Waals surface area (Å²) in [5, 5.41) is 10.2. The maximum Gasteiger partial charge on any atom is 0.306 e. The van der Waals surface area contributed by atoms with Crippen LogP contribution in [0.15, 0.2) is 30.3 Å². The summed E-state index contributed by atoms with van der Waals surface area (Å²) in [5.74, 6) is 0.0837. The number of fused-ring (bicyclic) bond motifs is 1. The van der Waals surface area contributed by atoms with Crippen LogP contribution in [-0.2, 0) is 11.3 Å². The van der Waals surface area contributed by atoms with Crippen LogP contribution in [0.2, 0.25) is 0 Å². The molecule has 156 valence electrons. The van der Waals surface area contributed by atoms with E-state index in [9.17, 15) is 4.79 Å². The quantitative estimate of drug-likeness (QED) is 0.780. The summed E-state index contributed by atoms with van der Waals surface area (Å²) < 4.78 is 6.25. The van der Waals surface area contributed by atoms with Gasteiger partial charge in [0.25, 0.3) is 0 Å². The van der Waals surface area contributed by atoms with Crippen molar-refractivity contribution in [3.05, 3.63) is 36.0 Å². The van der Waals surface area contributed by atoms with Crippen molar-refractivity contribution >= 4 is 16.9 Å². The van der Waals surface area contributed by atoms with Crippen LogP contribution in [-0.4, -0.2) is 40.2 Å². The van der Waals surface area contributed by atoms with Gasteiger partial charge in [0.2, 0.25) is 0 Å². The monoisotopic (exact) mass is 396 g/mol. The van der Waals surface area contributed by atoms with E-state index in [4.69, 9.17) is 14.8 Å². The van der Waals surface area contributed by atoms with Gasteiger partial charge in [0, 0.05) is 11.9 Å². The van der Waals surface area contributed by atoms with Gasteiger partial charge in [0.15, 0.2) is 0 Å². The van der Waals surface area contributed by atoms with Crippen LogP contribution in [0.5, 0.6) is 5.75 Å². The maximum absolute atomic E-state index is 11.1. The molecule has 0 radical (unpaired) electrons. The lowest BCUT2D eigenvalue weighted by Crippen LogP contribution is -2.36. The molecule has 0 atom stereocenters. The number of carbonyl (C=O) groups is 1. The minimum Gasteiger partial charge on any atom is -0.490 e. The number of pyridine rings is 1. The van der Waals surface area contributed by atoms with Crippen molar-refractivity contribution in [3.63, 3.8) is 0 Å². The molecule has 29 heavy (non-hydrogen) atoms. The molecule has 1 aromatic heterocycles. The molecule has 1 aliphatic heterocycles. The van der Waals surface area contributed by atoms with E-state index in [0.717, 1.165) is 67.7 Å². The van der Waals surface area contributed by atoms with Crippen LogP contribution in [0, 0.1) is 11.3 Å². The fourth-order valence-electron chi connectivity index (χ4n) is 4.56. The third-order valence-corrected chi connectivity index (χ3v) is 6.63. The Hall–Kier alpha value is -2.14. The zero-order valence-corrected chi connectivity index (χ0v) is 17.6. The molecule has 2 aliphatic rings. The largest absolute Gasteiger partial charge is 0.490 e. The number of hydrogen-bond donors (Lipinski definition) is 1. The molecule has 2 fully saturated rings. The molecule has 1 saturated heterocycles. The molecule has 2 aromatic rings. The minimum absolute atomic E-state index is 0.190. The molecular formula is C24H32N2O3. The fourth-order valence-corrected chi connectivity index (χ4v) is 4.56. The van der Waals surface area contributed by atoms with Gasteiger partial charge < -0.3 is 9.84 Å². The van der Waals surface area contributed by atoms with Crippen LogP contribution < -0.4 is 4.74 Å². The highest BCUT2D eigenvalue weighted by Gasteiger charge is 2.28. The molecule has 0 amide bonds. The van der Waals surface area contributed by atoms with Crippen molar-refractivity contribution in [1.29, 1.82) is 0 Å². The normalized spacial score (nSPS) is 21.3. The van der Waals surface area contributed by atoms with E-state index in [1.54, 1.807) is 0 Å². The van der Waals surface area contributed by atoms with Crippen molar-refractivity contribution in [3.8, 4) is 5.75 Å². The van der Waals surface area contributed by atoms with E-state index in [-0.39, 0.29) is 5.92 Å². The molecule has 1 saturated carbocycles. The lowest BCUT2D eigenvalue weighted by atomic mass is 9.76. The number of likely N-dealkylation sites (tertiary alicyclic amines) is 1. The number of piperidine rings is 1. The Bertz CT molecular complexity index is 862. The summed E-state index contributed by atoms with van der Waals surface area (Å²) in [7, 11) is 0. The van der Waals surface area contributed by atoms with Gasteiger partial charge in [-0.3, -0.25) is 14.7 Å². The number of aromatic nitrogens is 1. The molecule has 0 spiro atoms. The predicted molar refractivity (Wildman–Crippen MR) is 114 cm³/mol. The number of rotatable bonds is 5. The topological polar surface area (TPSA) is 62.7 Å². The Morgan fingerprint density at radius 3 is 2.55 bits per heavy atom. The van der Waals surface area contributed by atoms with Gasteiger partial charge in [-0.15, -0.1) is 0 Å². The Morgan fingerprint density at radius 1 is 1.14 bits per heavy atom. The van der Waals surface area contributed by atoms with Crippen molar-refractivity contribution in [2.75, 3.05) is 13.1 Å². The Kier molecular flexibility index (Phi) is 5.77. The first kappa shape index (κ1) is 20.1. The third-order valence-electron chi connectivity index (χ3n) is 6.63. The summed E-state index contributed by atoms with van der Waals surface area (Å²) >= 11 is 0. The van der Waals surface area contributed by atoms with E-state index >= 15 is 0 Å². The summed E-state index contributed by atoms with van der Waals surface area (Å²) in [4.78, 5) is 18.2. The van der Waals surface area contributed by atoms with Gasteiger partial charge in [0.1, 0.15) is 5.75 Å². The summed E-state index contributed by atoms with van der Waals surface area (Å²) in [6, 6.07) is 10.4. The standard InChI is InChI=1S/C24H32N2O3/c1-24(2)11-7-20(8-12-24)29-21-5-6-22-18(15-21)3-4-19(25-22)16-26-13-9-17(10-14-26)23(27)28/h3-6,15,17,20H,7-14,16H2,1-2H3,(H,27,28). The van der Waals surface area contributed by atoms with Crippen LogP contribution >= 0.6 is 0 Å². The molecule has 1 N–H and O–H groups in total. The smallest absolute Gasteiger partial charge is 0.306 e. The Morgan fingerprint density at radius 2 is 1.86 bits per heavy atom. The van der Waals surface area contributed by atoms with Crippen LogP contribution in [0.3, 0.4) is 0 Å². The third kappa shape index (κ3) is 5.08. The Balaban J connectivity index is 1.37. The minimum atomic E-state index is -0.663. The Labute approximate surface area is 173 Å². The van der Waals surface area contributed by atoms with Crippen LogP contribution in [0.25, 0.3) is 10.9 Å². The lowest BCUT2D eigenvalue weighted by molar-refractivity contribution is -0.143. The number of benzene rings is 1. The molecule has 5 nitrogen and oxygen atoms in total. The summed E-state index contributed by atoms with van der Waals surface area (Å²) in [6.07, 6.45) is 6.46. The second kappa shape index (κ2) is 8.31. The number of nitrogens with zero attached hydrogens (tertiary/aromatic N) is 2. The zero-order chi connectivity index (χ0) is 20.4. The molecule has 1 aromatic carbocycles. The van der Waals surface area contributed by atoms with Crippen molar-refractivity contribution < 1.29 is 14.6 Å². The van der Waals surface area contributed by atoms with E-state index in [1.807, 2.05) is 6.07 Å². The molecule has 5 heteroatoms. The summed E-state index contributed by atoms with van der Waals surface area (Å²) in [6.45, 7) is 7.11. The van der Waals surface area contributed by atoms with Gasteiger partial charge in [-0.1, -0.05) is 19.9 Å². The highest BCUT2D eigenvalue weighted by Crippen LogP contribution is 2.36. The van der Waals surface area contributed by atoms with Crippen LogP contribution in [0.1, 0.15) is 58.1 Å². The second-order valence-electron chi connectivity index (χ2n) is 9.53. The molecule has 4 rings (SSSR count). The van der Waals surface area contributed by atoms with Gasteiger partial charge >= 0.3 is 5.97 Å². The lowest BCUT2D eigenvalue weighted by Gasteiger charge is -2.34. The summed E-state index contributed by atoms with van der Waals surface area (Å²) in [5.41, 5.74) is 2.47. The first-order chi connectivity index (χ1) is 13.9. The van der Waals surface area contributed by atoms with E-state index in [2.05, 4.69) is 43.0 Å². The molecule has 1 aliphatic carbocycles. The molecule has 2 heterocycles. The average Bonchev–Trinajstić information content (AvgIpc) is 2.70. The van der Waals surface area contributed by atoms with E-state index < -0.39 is 5.97 Å². The van der Waals surface area contributed by atoms with Crippen LogP contribution in [0.4, 0.5) is 0 Å². The predicted octanol–water partition coefficient (Wildman–Crippen LogP) is 4.88. The number of hydrogen-bond acceptors (Lipinski definition) is 4. The number of aliphatic carboxylic acids is 1. The second-order valence-corrected chi connectivity index (χ2v) is 9.53. The zero-order valence-electron chi connectivity index (χ0n) is 17.6. The van der Waals surface area contributed by atoms with Gasteiger partial charge in [-0.05, 0) is 81.3 Å². The van der Waals surface area contributed by atoms with Gasteiger partial charge in [-0.2, -0.15) is 0 Å². The van der Waals surface area contributed by atoms with Gasteiger partial charge in [0.05, 0.1) is 23.2 Å². The maximum atomic E-state index is 11.1. The average molecular weight is 397 g/mol. The van der Waals surface area contributed by atoms with Crippen molar-refractivity contribution in [2.45, 2.75) is 65.0 Å². The van der Waals surface area contributed by atoms with Crippen molar-refractivity contribution in [2.24, 2.45) is 11.3 Å². The van der Waals surface area contributed by atoms with Crippen molar-refractivity contribution in [1.82, 2.24) is 9.88 Å². The highest BCUT2D eigenvalue weighted by atomic mass is 16.5. The SMILES string of the molecule is CC1(C)CCC(Oc2ccc3nc(CN4CCC(C(=O)O)CC4)ccc3c2)CC1.